The van der Waals surface area contributed by atoms with Crippen LogP contribution in [0.2, 0.25) is 0 Å². The van der Waals surface area contributed by atoms with Crippen molar-refractivity contribution in [1.29, 1.82) is 5.26 Å². The summed E-state index contributed by atoms with van der Waals surface area (Å²) in [6.07, 6.45) is 4.50. The number of aromatic nitrogens is 4. The number of benzene rings is 1. The Balaban J connectivity index is 0.00000240. The molecule has 9 heteroatoms. The van der Waals surface area contributed by atoms with Gasteiger partial charge in [-0.15, -0.1) is 12.4 Å². The molecule has 0 bridgehead atoms. The lowest BCUT2D eigenvalue weighted by molar-refractivity contribution is 0.0694. The molecule has 1 aliphatic heterocycles. The normalized spacial score (nSPS) is 14.1. The van der Waals surface area contributed by atoms with Crippen LogP contribution in [0.3, 0.4) is 0 Å². The minimum absolute atomic E-state index is 0. The van der Waals surface area contributed by atoms with Crippen LogP contribution in [0.25, 0.3) is 11.4 Å². The van der Waals surface area contributed by atoms with Crippen molar-refractivity contribution in [2.45, 2.75) is 25.8 Å². The van der Waals surface area contributed by atoms with E-state index in [1.807, 2.05) is 11.5 Å². The average Bonchev–Trinajstić information content (AvgIpc) is 3.11. The molecule has 0 atom stereocenters. The number of halogens is 2. The number of ether oxygens (including phenoxy) is 1. The fourth-order valence-electron chi connectivity index (χ4n) is 3.44. The second kappa shape index (κ2) is 8.99. The van der Waals surface area contributed by atoms with Crippen LogP contribution in [-0.4, -0.2) is 32.7 Å². The van der Waals surface area contributed by atoms with Crippen LogP contribution >= 0.6 is 12.4 Å². The molecule has 1 fully saturated rings. The quantitative estimate of drug-likeness (QED) is 0.689. The van der Waals surface area contributed by atoms with Gasteiger partial charge in [0.1, 0.15) is 11.5 Å². The minimum atomic E-state index is -0.510. The fourth-order valence-corrected chi connectivity index (χ4v) is 3.44. The smallest absolute Gasteiger partial charge is 0.227 e. The van der Waals surface area contributed by atoms with Crippen LogP contribution in [0, 0.1) is 24.1 Å². The molecule has 150 valence electrons. The maximum absolute atomic E-state index is 14.6. The van der Waals surface area contributed by atoms with Crippen LogP contribution < -0.4 is 5.32 Å². The largest absolute Gasteiger partial charge is 0.381 e. The third-order valence-electron chi connectivity index (χ3n) is 4.77. The topological polar surface area (TPSA) is 88.7 Å². The summed E-state index contributed by atoms with van der Waals surface area (Å²) in [5.74, 6) is 0.560. The lowest BCUT2D eigenvalue weighted by Crippen LogP contribution is -2.21. The summed E-state index contributed by atoms with van der Waals surface area (Å²) in [5.41, 5.74) is 1.99. The molecule has 0 radical (unpaired) electrons. The van der Waals surface area contributed by atoms with E-state index < -0.39 is 5.82 Å². The maximum Gasteiger partial charge on any atom is 0.227 e. The van der Waals surface area contributed by atoms with Crippen LogP contribution in [0.1, 0.15) is 30.3 Å². The first-order valence-electron chi connectivity index (χ1n) is 9.07. The Bertz CT molecular complexity index is 1040. The van der Waals surface area contributed by atoms with Crippen molar-refractivity contribution in [3.05, 3.63) is 53.9 Å². The molecule has 29 heavy (non-hydrogen) atoms. The summed E-state index contributed by atoms with van der Waals surface area (Å²) in [5, 5.41) is 12.1. The van der Waals surface area contributed by atoms with Crippen molar-refractivity contribution in [3.8, 4) is 17.5 Å². The Hall–Kier alpha value is -3.02. The van der Waals surface area contributed by atoms with E-state index in [1.165, 1.54) is 0 Å². The van der Waals surface area contributed by atoms with Crippen molar-refractivity contribution in [1.82, 2.24) is 19.5 Å². The van der Waals surface area contributed by atoms with Gasteiger partial charge in [-0.05, 0) is 38.0 Å². The van der Waals surface area contributed by atoms with Gasteiger partial charge in [0.05, 0.1) is 29.7 Å². The highest BCUT2D eigenvalue weighted by Gasteiger charge is 2.23. The molecule has 4 rings (SSSR count). The van der Waals surface area contributed by atoms with E-state index in [0.29, 0.717) is 30.2 Å². The first kappa shape index (κ1) is 20.7. The number of aryl methyl sites for hydroxylation is 1. The average molecular weight is 415 g/mol. The third kappa shape index (κ3) is 4.36. The summed E-state index contributed by atoms with van der Waals surface area (Å²) >= 11 is 0. The number of nitrogens with zero attached hydrogens (tertiary/aromatic N) is 5. The molecule has 1 aromatic carbocycles. The minimum Gasteiger partial charge on any atom is -0.381 e. The molecule has 3 aromatic rings. The Morgan fingerprint density at radius 2 is 2.03 bits per heavy atom. The molecule has 0 saturated carbocycles. The lowest BCUT2D eigenvalue weighted by atomic mass is 10.1. The van der Waals surface area contributed by atoms with E-state index in [0.717, 1.165) is 24.9 Å². The van der Waals surface area contributed by atoms with Crippen LogP contribution in [0.4, 0.5) is 16.0 Å². The van der Waals surface area contributed by atoms with Crippen LogP contribution in [-0.2, 0) is 4.74 Å². The molecule has 1 aliphatic rings. The van der Waals surface area contributed by atoms with E-state index in [4.69, 9.17) is 10.00 Å². The standard InChI is InChI=1S/C20H19FN6O.ClH/c1-13-23-12-18(27(13)16-5-7-28-8-6-16)19-17(21)11-24-20(26-19)25-15-4-2-3-14(9-15)10-22;/h2-4,9,11-12,16H,5-8H2,1H3,(H,24,25,26);1H. The van der Waals surface area contributed by atoms with Crippen molar-refractivity contribution in [2.24, 2.45) is 0 Å². The van der Waals surface area contributed by atoms with Gasteiger partial charge in [0.2, 0.25) is 5.95 Å². The molecule has 0 spiro atoms. The summed E-state index contributed by atoms with van der Waals surface area (Å²) in [7, 11) is 0. The number of nitriles is 1. The summed E-state index contributed by atoms with van der Waals surface area (Å²) in [6.45, 7) is 3.26. The first-order chi connectivity index (χ1) is 13.7. The molecule has 7 nitrogen and oxygen atoms in total. The van der Waals surface area contributed by atoms with E-state index in [-0.39, 0.29) is 30.1 Å². The summed E-state index contributed by atoms with van der Waals surface area (Å²) < 4.78 is 22.1. The number of hydrogen-bond acceptors (Lipinski definition) is 6. The SMILES string of the molecule is Cc1ncc(-c2nc(Nc3cccc(C#N)c3)ncc2F)n1C1CCOCC1.Cl. The number of rotatable bonds is 4. The van der Waals surface area contributed by atoms with Gasteiger partial charge in [-0.1, -0.05) is 6.07 Å². The molecule has 1 saturated heterocycles. The number of imidazole rings is 1. The molecule has 2 aromatic heterocycles. The number of nitrogens with one attached hydrogen (secondary N) is 1. The highest BCUT2D eigenvalue weighted by atomic mass is 35.5. The van der Waals surface area contributed by atoms with Gasteiger partial charge in [0.15, 0.2) is 5.82 Å². The molecule has 0 amide bonds. The van der Waals surface area contributed by atoms with Crippen LogP contribution in [0.15, 0.2) is 36.7 Å². The fraction of sp³-hybridized carbons (Fsp3) is 0.300. The van der Waals surface area contributed by atoms with Crippen molar-refractivity contribution < 1.29 is 9.13 Å². The lowest BCUT2D eigenvalue weighted by Gasteiger charge is -2.26. The summed E-state index contributed by atoms with van der Waals surface area (Å²) in [4.78, 5) is 12.8. The van der Waals surface area contributed by atoms with E-state index >= 15 is 0 Å². The molecule has 0 aliphatic carbocycles. The highest BCUT2D eigenvalue weighted by Crippen LogP contribution is 2.31. The highest BCUT2D eigenvalue weighted by molar-refractivity contribution is 5.85. The van der Waals surface area contributed by atoms with Gasteiger partial charge in [-0.3, -0.25) is 0 Å². The van der Waals surface area contributed by atoms with Gasteiger partial charge >= 0.3 is 0 Å². The molecular weight excluding hydrogens is 395 g/mol. The van der Waals surface area contributed by atoms with E-state index in [9.17, 15) is 4.39 Å². The van der Waals surface area contributed by atoms with E-state index in [1.54, 1.807) is 30.5 Å². The molecule has 1 N–H and O–H groups in total. The number of hydrogen-bond donors (Lipinski definition) is 1. The second-order valence-electron chi connectivity index (χ2n) is 6.61. The van der Waals surface area contributed by atoms with Crippen LogP contribution in [0.5, 0.6) is 0 Å². The van der Waals surface area contributed by atoms with Crippen molar-refractivity contribution >= 4 is 24.0 Å². The monoisotopic (exact) mass is 414 g/mol. The Labute approximate surface area is 174 Å². The maximum atomic E-state index is 14.6. The molecule has 3 heterocycles. The Kier molecular flexibility index (Phi) is 6.42. The first-order valence-corrected chi connectivity index (χ1v) is 9.07. The van der Waals surface area contributed by atoms with Crippen molar-refractivity contribution in [2.75, 3.05) is 18.5 Å². The van der Waals surface area contributed by atoms with Gasteiger partial charge in [-0.2, -0.15) is 5.26 Å². The van der Waals surface area contributed by atoms with Crippen molar-refractivity contribution in [3.63, 3.8) is 0 Å². The summed E-state index contributed by atoms with van der Waals surface area (Å²) in [6, 6.07) is 9.23. The Morgan fingerprint density at radius 3 is 2.79 bits per heavy atom. The van der Waals surface area contributed by atoms with Gasteiger partial charge < -0.3 is 14.6 Å². The number of anilines is 2. The predicted molar refractivity (Wildman–Crippen MR) is 109 cm³/mol. The molecule has 0 unspecified atom stereocenters. The van der Waals surface area contributed by atoms with E-state index in [2.05, 4.69) is 26.3 Å². The zero-order valence-corrected chi connectivity index (χ0v) is 16.6. The Morgan fingerprint density at radius 1 is 1.24 bits per heavy atom. The predicted octanol–water partition coefficient (Wildman–Crippen LogP) is 4.18. The van der Waals surface area contributed by atoms with Gasteiger partial charge in [-0.25, -0.2) is 19.3 Å². The van der Waals surface area contributed by atoms with Gasteiger partial charge in [0, 0.05) is 24.9 Å². The third-order valence-corrected chi connectivity index (χ3v) is 4.77. The zero-order chi connectivity index (χ0) is 19.5. The molecular formula is C20H20ClFN6O. The van der Waals surface area contributed by atoms with Gasteiger partial charge in [0.25, 0.3) is 0 Å². The second-order valence-corrected chi connectivity index (χ2v) is 6.61. The zero-order valence-electron chi connectivity index (χ0n) is 15.8.